The molecule has 218 valence electrons. The van der Waals surface area contributed by atoms with Gasteiger partial charge in [0.2, 0.25) is 0 Å². The average Bonchev–Trinajstić information content (AvgIpc) is 3.55. The number of aryl methyl sites for hydroxylation is 4. The van der Waals surface area contributed by atoms with Crippen molar-refractivity contribution in [3.05, 3.63) is 148 Å². The lowest BCUT2D eigenvalue weighted by Gasteiger charge is -2.19. The van der Waals surface area contributed by atoms with Gasteiger partial charge in [0.05, 0.1) is 51.6 Å². The van der Waals surface area contributed by atoms with Crippen LogP contribution in [0.5, 0.6) is 0 Å². The molecule has 6 aromatic carbocycles. The highest BCUT2D eigenvalue weighted by atomic mass is 15.0. The van der Waals surface area contributed by atoms with Crippen molar-refractivity contribution >= 4 is 49.3 Å². The highest BCUT2D eigenvalue weighted by Crippen LogP contribution is 2.42. The van der Waals surface area contributed by atoms with Crippen LogP contribution >= 0.6 is 0 Å². The lowest BCUT2D eigenvalue weighted by molar-refractivity contribution is 1.16. The second kappa shape index (κ2) is 10.2. The molecular weight excluding hydrogens is 560 g/mol. The summed E-state index contributed by atoms with van der Waals surface area (Å²) in [4.78, 5) is 3.85. The molecule has 0 spiro atoms. The fourth-order valence-electron chi connectivity index (χ4n) is 7.04. The van der Waals surface area contributed by atoms with Crippen molar-refractivity contribution in [3.63, 3.8) is 0 Å². The molecule has 2 heterocycles. The van der Waals surface area contributed by atoms with Crippen molar-refractivity contribution in [1.29, 1.82) is 5.26 Å². The van der Waals surface area contributed by atoms with Gasteiger partial charge in [0.25, 0.3) is 0 Å². The molecule has 0 bridgehead atoms. The van der Waals surface area contributed by atoms with E-state index in [9.17, 15) is 5.26 Å². The maximum atomic E-state index is 10.1. The Morgan fingerprint density at radius 1 is 0.500 bits per heavy atom. The minimum Gasteiger partial charge on any atom is -0.309 e. The molecule has 0 atom stereocenters. The third kappa shape index (κ3) is 4.12. The third-order valence-electron chi connectivity index (χ3n) is 9.16. The quantitative estimate of drug-likeness (QED) is 0.189. The van der Waals surface area contributed by atoms with Gasteiger partial charge >= 0.3 is 0 Å². The van der Waals surface area contributed by atoms with E-state index in [0.717, 1.165) is 44.6 Å². The number of benzene rings is 6. The van der Waals surface area contributed by atoms with Gasteiger partial charge in [-0.05, 0) is 112 Å². The molecule has 0 N–H and O–H groups in total. The smallest absolute Gasteiger partial charge is 0.188 e. The van der Waals surface area contributed by atoms with Crippen molar-refractivity contribution in [3.8, 4) is 28.6 Å². The van der Waals surface area contributed by atoms with Crippen LogP contribution in [-0.2, 0) is 0 Å². The van der Waals surface area contributed by atoms with Crippen LogP contribution in [0, 0.1) is 45.6 Å². The van der Waals surface area contributed by atoms with Crippen LogP contribution in [0.2, 0.25) is 0 Å². The molecular formula is C42H30N4. The van der Waals surface area contributed by atoms with Gasteiger partial charge in [-0.15, -0.1) is 0 Å². The number of nitriles is 1. The first-order chi connectivity index (χ1) is 22.3. The van der Waals surface area contributed by atoms with Gasteiger partial charge in [-0.2, -0.15) is 5.26 Å². The largest absolute Gasteiger partial charge is 0.309 e. The lowest BCUT2D eigenvalue weighted by atomic mass is 9.98. The van der Waals surface area contributed by atoms with Gasteiger partial charge in [-0.3, -0.25) is 0 Å². The molecule has 8 aromatic rings. The molecule has 0 fully saturated rings. The number of aromatic nitrogens is 2. The number of nitrogens with zero attached hydrogens (tertiary/aromatic N) is 4. The zero-order valence-electron chi connectivity index (χ0n) is 26.2. The maximum absolute atomic E-state index is 10.1. The molecule has 2 aromatic heterocycles. The molecule has 0 aliphatic carbocycles. The minimum absolute atomic E-state index is 0.549. The van der Waals surface area contributed by atoms with Gasteiger partial charge in [0, 0.05) is 27.1 Å². The summed E-state index contributed by atoms with van der Waals surface area (Å²) in [7, 11) is 0. The number of hydrogen-bond acceptors (Lipinski definition) is 1. The number of fused-ring (bicyclic) bond motifs is 6. The maximum Gasteiger partial charge on any atom is 0.188 e. The Bertz CT molecular complexity index is 2350. The predicted octanol–water partition coefficient (Wildman–Crippen LogP) is 11.2. The van der Waals surface area contributed by atoms with Crippen LogP contribution in [0.25, 0.3) is 71.0 Å². The molecule has 0 amide bonds. The van der Waals surface area contributed by atoms with Crippen LogP contribution in [-0.4, -0.2) is 9.13 Å². The first-order valence-corrected chi connectivity index (χ1v) is 15.4. The summed E-state index contributed by atoms with van der Waals surface area (Å²) < 4.78 is 4.63. The number of rotatable bonds is 3. The molecule has 4 nitrogen and oxygen atoms in total. The predicted molar refractivity (Wildman–Crippen MR) is 190 cm³/mol. The van der Waals surface area contributed by atoms with Crippen LogP contribution in [0.3, 0.4) is 0 Å². The van der Waals surface area contributed by atoms with E-state index in [4.69, 9.17) is 6.57 Å². The third-order valence-corrected chi connectivity index (χ3v) is 9.16. The second-order valence-corrected chi connectivity index (χ2v) is 12.4. The Labute approximate surface area is 267 Å². The molecule has 0 saturated carbocycles. The monoisotopic (exact) mass is 590 g/mol. The van der Waals surface area contributed by atoms with Crippen LogP contribution in [0.1, 0.15) is 27.8 Å². The van der Waals surface area contributed by atoms with Crippen molar-refractivity contribution in [1.82, 2.24) is 9.13 Å². The van der Waals surface area contributed by atoms with E-state index in [1.807, 2.05) is 24.3 Å². The lowest BCUT2D eigenvalue weighted by Crippen LogP contribution is -2.02. The summed E-state index contributed by atoms with van der Waals surface area (Å²) >= 11 is 0. The summed E-state index contributed by atoms with van der Waals surface area (Å²) in [5.41, 5.74) is 14.1. The van der Waals surface area contributed by atoms with E-state index in [0.29, 0.717) is 11.3 Å². The molecule has 0 aliphatic heterocycles. The Morgan fingerprint density at radius 2 is 0.891 bits per heavy atom. The van der Waals surface area contributed by atoms with E-state index in [1.165, 1.54) is 43.8 Å². The zero-order chi connectivity index (χ0) is 31.7. The standard InChI is InChI=1S/C42H30N4/c1-25-6-12-37-31(18-25)32-19-26(2)7-13-38(32)45(37)41-16-10-29(24-43)22-35(41)36-23-30(44-5)11-17-42(36)46-39-14-8-27(3)20-33(39)34-21-28(4)9-15-40(34)46/h6-23H,1-4H3. The van der Waals surface area contributed by atoms with Crippen molar-refractivity contribution in [2.45, 2.75) is 27.7 Å². The van der Waals surface area contributed by atoms with E-state index >= 15 is 0 Å². The summed E-state index contributed by atoms with van der Waals surface area (Å²) in [6.07, 6.45) is 0. The van der Waals surface area contributed by atoms with Crippen molar-refractivity contribution in [2.24, 2.45) is 0 Å². The minimum atomic E-state index is 0.549. The first kappa shape index (κ1) is 27.4. The summed E-state index contributed by atoms with van der Waals surface area (Å²) in [5, 5.41) is 14.9. The summed E-state index contributed by atoms with van der Waals surface area (Å²) in [5.74, 6) is 0. The number of hydrogen-bond donors (Lipinski definition) is 0. The summed E-state index contributed by atoms with van der Waals surface area (Å²) in [6.45, 7) is 16.5. The highest BCUT2D eigenvalue weighted by molar-refractivity contribution is 6.12. The average molecular weight is 591 g/mol. The van der Waals surface area contributed by atoms with Gasteiger partial charge in [0.1, 0.15) is 0 Å². The Kier molecular flexibility index (Phi) is 6.11. The van der Waals surface area contributed by atoms with Gasteiger partial charge in [0.15, 0.2) is 5.69 Å². The van der Waals surface area contributed by atoms with Crippen molar-refractivity contribution in [2.75, 3.05) is 0 Å². The molecule has 0 unspecified atom stereocenters. The molecule has 8 rings (SSSR count). The topological polar surface area (TPSA) is 38.0 Å². The second-order valence-electron chi connectivity index (χ2n) is 12.4. The zero-order valence-corrected chi connectivity index (χ0v) is 26.2. The van der Waals surface area contributed by atoms with Crippen LogP contribution in [0.15, 0.2) is 109 Å². The molecule has 0 radical (unpaired) electrons. The van der Waals surface area contributed by atoms with E-state index < -0.39 is 0 Å². The fraction of sp³-hybridized carbons (Fsp3) is 0.0952. The van der Waals surface area contributed by atoms with E-state index in [2.05, 4.69) is 133 Å². The van der Waals surface area contributed by atoms with E-state index in [1.54, 1.807) is 0 Å². The normalized spacial score (nSPS) is 11.4. The highest BCUT2D eigenvalue weighted by Gasteiger charge is 2.21. The Balaban J connectivity index is 1.52. The molecule has 0 aliphatic rings. The van der Waals surface area contributed by atoms with Gasteiger partial charge in [-0.25, -0.2) is 4.85 Å². The van der Waals surface area contributed by atoms with E-state index in [-0.39, 0.29) is 0 Å². The Morgan fingerprint density at radius 3 is 1.28 bits per heavy atom. The van der Waals surface area contributed by atoms with Crippen LogP contribution in [0.4, 0.5) is 5.69 Å². The molecule has 46 heavy (non-hydrogen) atoms. The SMILES string of the molecule is [C-]#[N+]c1ccc(-n2c3ccc(C)cc3c3cc(C)ccc32)c(-c2cc(C#N)ccc2-n2c3ccc(C)cc3c3cc(C)ccc32)c1. The summed E-state index contributed by atoms with van der Waals surface area (Å²) in [6, 6.07) is 40.6. The molecule has 4 heteroatoms. The Hall–Kier alpha value is -6.10. The van der Waals surface area contributed by atoms with Gasteiger partial charge in [-0.1, -0.05) is 52.6 Å². The molecule has 0 saturated heterocycles. The van der Waals surface area contributed by atoms with Crippen LogP contribution < -0.4 is 0 Å². The first-order valence-electron chi connectivity index (χ1n) is 15.4. The van der Waals surface area contributed by atoms with Gasteiger partial charge < -0.3 is 9.13 Å². The fourth-order valence-corrected chi connectivity index (χ4v) is 7.04. The van der Waals surface area contributed by atoms with Crippen molar-refractivity contribution < 1.29 is 0 Å².